The smallest absolute Gasteiger partial charge is 0.135 e. The fraction of sp³-hybridized carbons (Fsp3) is 0.412. The van der Waals surface area contributed by atoms with Gasteiger partial charge in [-0.15, -0.1) is 0 Å². The molecule has 21 heavy (non-hydrogen) atoms. The Morgan fingerprint density at radius 3 is 2.52 bits per heavy atom. The maximum absolute atomic E-state index is 5.92. The second kappa shape index (κ2) is 6.57. The van der Waals surface area contributed by atoms with Crippen molar-refractivity contribution in [3.63, 3.8) is 0 Å². The first kappa shape index (κ1) is 15.3. The third-order valence-electron chi connectivity index (χ3n) is 3.67. The van der Waals surface area contributed by atoms with E-state index >= 15 is 0 Å². The molecular weight excluding hydrogens is 260 g/mol. The molecule has 0 radical (unpaired) electrons. The summed E-state index contributed by atoms with van der Waals surface area (Å²) in [4.78, 5) is 8.41. The normalized spacial score (nSPS) is 11.4. The van der Waals surface area contributed by atoms with E-state index in [-0.39, 0.29) is 5.54 Å². The highest BCUT2D eigenvalue weighted by Crippen LogP contribution is 2.24. The highest BCUT2D eigenvalue weighted by atomic mass is 15.1. The molecule has 1 aromatic heterocycles. The van der Waals surface area contributed by atoms with Crippen molar-refractivity contribution in [3.8, 4) is 0 Å². The Bertz CT molecular complexity index is 579. The molecule has 0 saturated carbocycles. The zero-order valence-corrected chi connectivity index (χ0v) is 13.1. The van der Waals surface area contributed by atoms with Gasteiger partial charge in [-0.05, 0) is 38.7 Å². The van der Waals surface area contributed by atoms with E-state index in [1.165, 1.54) is 11.9 Å². The molecule has 0 fully saturated rings. The van der Waals surface area contributed by atoms with Crippen LogP contribution in [0.2, 0.25) is 0 Å². The molecule has 0 bridgehead atoms. The van der Waals surface area contributed by atoms with Crippen LogP contribution < -0.4 is 11.1 Å². The SMILES string of the molecule is CCc1c(N)ncnc1NC(C)(C)CCc1ccccc1. The van der Waals surface area contributed by atoms with Crippen molar-refractivity contribution in [3.05, 3.63) is 47.8 Å². The zero-order valence-electron chi connectivity index (χ0n) is 13.1. The molecule has 3 N–H and O–H groups in total. The summed E-state index contributed by atoms with van der Waals surface area (Å²) >= 11 is 0. The third-order valence-corrected chi connectivity index (χ3v) is 3.67. The molecule has 0 unspecified atom stereocenters. The molecule has 0 atom stereocenters. The molecule has 0 spiro atoms. The van der Waals surface area contributed by atoms with Crippen molar-refractivity contribution in [2.24, 2.45) is 0 Å². The van der Waals surface area contributed by atoms with Crippen LogP contribution in [0.1, 0.15) is 38.3 Å². The first-order valence-corrected chi connectivity index (χ1v) is 7.43. The van der Waals surface area contributed by atoms with Gasteiger partial charge < -0.3 is 11.1 Å². The van der Waals surface area contributed by atoms with Crippen LogP contribution in [0.25, 0.3) is 0 Å². The topological polar surface area (TPSA) is 63.8 Å². The van der Waals surface area contributed by atoms with Gasteiger partial charge in [-0.3, -0.25) is 0 Å². The number of nitrogens with zero attached hydrogens (tertiary/aromatic N) is 2. The van der Waals surface area contributed by atoms with Gasteiger partial charge in [-0.1, -0.05) is 37.3 Å². The quantitative estimate of drug-likeness (QED) is 0.853. The standard InChI is InChI=1S/C17H24N4/c1-4-14-15(18)19-12-20-16(14)21-17(2,3)11-10-13-8-6-5-7-9-13/h5-9,12H,4,10-11H2,1-3H3,(H3,18,19,20,21). The van der Waals surface area contributed by atoms with Crippen molar-refractivity contribution < 1.29 is 0 Å². The molecule has 0 aliphatic carbocycles. The first-order valence-electron chi connectivity index (χ1n) is 7.43. The summed E-state index contributed by atoms with van der Waals surface area (Å²) in [7, 11) is 0. The predicted molar refractivity (Wildman–Crippen MR) is 88.3 cm³/mol. The number of nitrogen functional groups attached to an aromatic ring is 1. The van der Waals surface area contributed by atoms with Gasteiger partial charge in [0.2, 0.25) is 0 Å². The van der Waals surface area contributed by atoms with E-state index in [1.807, 2.05) is 6.07 Å². The summed E-state index contributed by atoms with van der Waals surface area (Å²) in [5, 5.41) is 3.52. The third kappa shape index (κ3) is 4.18. The number of aromatic nitrogens is 2. The number of hydrogen-bond donors (Lipinski definition) is 2. The minimum Gasteiger partial charge on any atom is -0.383 e. The second-order valence-electron chi connectivity index (χ2n) is 5.93. The Balaban J connectivity index is 2.05. The minimum atomic E-state index is -0.0550. The lowest BCUT2D eigenvalue weighted by atomic mass is 9.95. The van der Waals surface area contributed by atoms with Crippen molar-refractivity contribution in [1.29, 1.82) is 0 Å². The van der Waals surface area contributed by atoms with Crippen molar-refractivity contribution >= 4 is 11.6 Å². The van der Waals surface area contributed by atoms with E-state index < -0.39 is 0 Å². The number of nitrogens with two attached hydrogens (primary N) is 1. The Morgan fingerprint density at radius 2 is 1.86 bits per heavy atom. The zero-order chi connectivity index (χ0) is 15.3. The summed E-state index contributed by atoms with van der Waals surface area (Å²) in [6.07, 6.45) is 4.39. The highest BCUT2D eigenvalue weighted by Gasteiger charge is 2.20. The molecule has 2 aromatic rings. The van der Waals surface area contributed by atoms with Gasteiger partial charge in [0.25, 0.3) is 0 Å². The summed E-state index contributed by atoms with van der Waals surface area (Å²) in [6.45, 7) is 6.44. The van der Waals surface area contributed by atoms with Crippen LogP contribution in [-0.2, 0) is 12.8 Å². The second-order valence-corrected chi connectivity index (χ2v) is 5.93. The van der Waals surface area contributed by atoms with Crippen molar-refractivity contribution in [2.75, 3.05) is 11.1 Å². The van der Waals surface area contributed by atoms with E-state index in [0.717, 1.165) is 30.6 Å². The van der Waals surface area contributed by atoms with Crippen LogP contribution in [0.3, 0.4) is 0 Å². The summed E-state index contributed by atoms with van der Waals surface area (Å²) < 4.78 is 0. The number of anilines is 2. The molecule has 2 rings (SSSR count). The van der Waals surface area contributed by atoms with Crippen LogP contribution in [0.5, 0.6) is 0 Å². The molecule has 0 aliphatic rings. The van der Waals surface area contributed by atoms with Gasteiger partial charge in [-0.2, -0.15) is 0 Å². The van der Waals surface area contributed by atoms with Gasteiger partial charge in [0.05, 0.1) is 0 Å². The lowest BCUT2D eigenvalue weighted by Crippen LogP contribution is -2.32. The number of aryl methyl sites for hydroxylation is 1. The van der Waals surface area contributed by atoms with E-state index in [4.69, 9.17) is 5.73 Å². The Labute approximate surface area is 126 Å². The monoisotopic (exact) mass is 284 g/mol. The van der Waals surface area contributed by atoms with Crippen LogP contribution >= 0.6 is 0 Å². The molecule has 0 amide bonds. The lowest BCUT2D eigenvalue weighted by Gasteiger charge is -2.28. The van der Waals surface area contributed by atoms with Crippen LogP contribution in [0.4, 0.5) is 11.6 Å². The van der Waals surface area contributed by atoms with E-state index in [2.05, 4.69) is 60.3 Å². The molecule has 0 aliphatic heterocycles. The van der Waals surface area contributed by atoms with Gasteiger partial charge in [-0.25, -0.2) is 9.97 Å². The average Bonchev–Trinajstić information content (AvgIpc) is 2.46. The number of rotatable bonds is 6. The maximum Gasteiger partial charge on any atom is 0.135 e. The molecule has 0 saturated heterocycles. The largest absolute Gasteiger partial charge is 0.383 e. The lowest BCUT2D eigenvalue weighted by molar-refractivity contribution is 0.515. The maximum atomic E-state index is 5.92. The summed E-state index contributed by atoms with van der Waals surface area (Å²) in [5.41, 5.74) is 8.21. The average molecular weight is 284 g/mol. The Morgan fingerprint density at radius 1 is 1.14 bits per heavy atom. The fourth-order valence-electron chi connectivity index (χ4n) is 2.37. The van der Waals surface area contributed by atoms with Crippen LogP contribution in [0, 0.1) is 0 Å². The summed E-state index contributed by atoms with van der Waals surface area (Å²) in [5.74, 6) is 1.41. The molecular formula is C17H24N4. The van der Waals surface area contributed by atoms with Crippen LogP contribution in [0.15, 0.2) is 36.7 Å². The Hall–Kier alpha value is -2.10. The number of benzene rings is 1. The van der Waals surface area contributed by atoms with Gasteiger partial charge in [0, 0.05) is 11.1 Å². The predicted octanol–water partition coefficient (Wildman–Crippen LogP) is 3.44. The molecule has 4 nitrogen and oxygen atoms in total. The Kier molecular flexibility index (Phi) is 4.78. The number of nitrogens with one attached hydrogen (secondary N) is 1. The van der Waals surface area contributed by atoms with Crippen molar-refractivity contribution in [1.82, 2.24) is 9.97 Å². The minimum absolute atomic E-state index is 0.0550. The van der Waals surface area contributed by atoms with Crippen molar-refractivity contribution in [2.45, 2.75) is 45.6 Å². The molecule has 1 heterocycles. The van der Waals surface area contributed by atoms with Gasteiger partial charge in [0.15, 0.2) is 0 Å². The highest BCUT2D eigenvalue weighted by molar-refractivity contribution is 5.55. The molecule has 1 aromatic carbocycles. The van der Waals surface area contributed by atoms with E-state index in [1.54, 1.807) is 0 Å². The van der Waals surface area contributed by atoms with Gasteiger partial charge in [0.1, 0.15) is 18.0 Å². The summed E-state index contributed by atoms with van der Waals surface area (Å²) in [6, 6.07) is 10.5. The van der Waals surface area contributed by atoms with Crippen LogP contribution in [-0.4, -0.2) is 15.5 Å². The fourth-order valence-corrected chi connectivity index (χ4v) is 2.37. The first-order chi connectivity index (χ1) is 10.0. The van der Waals surface area contributed by atoms with Gasteiger partial charge >= 0.3 is 0 Å². The molecule has 112 valence electrons. The molecule has 4 heteroatoms. The number of hydrogen-bond acceptors (Lipinski definition) is 4. The van der Waals surface area contributed by atoms with E-state index in [9.17, 15) is 0 Å². The van der Waals surface area contributed by atoms with E-state index in [0.29, 0.717) is 5.82 Å².